The lowest BCUT2D eigenvalue weighted by Gasteiger charge is -2.58. The van der Waals surface area contributed by atoms with Crippen LogP contribution in [0, 0.1) is 28.6 Å². The van der Waals surface area contributed by atoms with Crippen LogP contribution in [0.15, 0.2) is 35.5 Å². The first-order valence-electron chi connectivity index (χ1n) is 9.33. The molecule has 0 heterocycles. The monoisotopic (exact) mass is 328 g/mol. The second kappa shape index (κ2) is 5.40. The molecule has 4 rings (SSSR count). The van der Waals surface area contributed by atoms with E-state index < -0.39 is 0 Å². The Labute approximate surface area is 144 Å². The zero-order chi connectivity index (χ0) is 17.1. The van der Waals surface area contributed by atoms with Crippen molar-refractivity contribution in [3.05, 3.63) is 35.5 Å². The first kappa shape index (κ1) is 16.3. The smallest absolute Gasteiger partial charge is 0.178 e. The van der Waals surface area contributed by atoms with Gasteiger partial charge in [-0.1, -0.05) is 37.1 Å². The van der Waals surface area contributed by atoms with Gasteiger partial charge in [-0.25, -0.2) is 0 Å². The fourth-order valence-corrected chi connectivity index (χ4v) is 6.62. The molecule has 4 aliphatic carbocycles. The second-order valence-corrected chi connectivity index (χ2v) is 8.66. The lowest BCUT2D eigenvalue weighted by atomic mass is 9.47. The molecule has 2 N–H and O–H groups in total. The summed E-state index contributed by atoms with van der Waals surface area (Å²) in [7, 11) is 0. The summed E-state index contributed by atoms with van der Waals surface area (Å²) in [5.74, 6) is 1.36. The summed E-state index contributed by atoms with van der Waals surface area (Å²) in [5, 5.41) is 20.5. The Bertz CT molecular complexity index is 658. The molecular formula is C21H28O3. The predicted molar refractivity (Wildman–Crippen MR) is 93.2 cm³/mol. The highest BCUT2D eigenvalue weighted by molar-refractivity contribution is 6.01. The average Bonchev–Trinajstić information content (AvgIpc) is 2.84. The van der Waals surface area contributed by atoms with E-state index in [2.05, 4.69) is 19.9 Å². The fraction of sp³-hybridized carbons (Fsp3) is 0.667. The first-order valence-corrected chi connectivity index (χ1v) is 9.33. The highest BCUT2D eigenvalue weighted by atomic mass is 16.3. The van der Waals surface area contributed by atoms with E-state index in [-0.39, 0.29) is 35.2 Å². The molecule has 3 heteroatoms. The molecule has 0 unspecified atom stereocenters. The molecule has 3 saturated carbocycles. The number of hydrogen-bond donors (Lipinski definition) is 2. The third-order valence-corrected chi connectivity index (χ3v) is 7.68. The van der Waals surface area contributed by atoms with Crippen LogP contribution in [0.2, 0.25) is 0 Å². The SMILES string of the molecule is C[C@]12C=CC(=O)C=C1CC[C@@H]1[C@@H]2[C@H](O)C[C@@]2(C)/C(=C\CO)CC[C@H]12. The average molecular weight is 328 g/mol. The molecule has 0 amide bonds. The lowest BCUT2D eigenvalue weighted by Crippen LogP contribution is -2.55. The van der Waals surface area contributed by atoms with Crippen LogP contribution in [0.5, 0.6) is 0 Å². The van der Waals surface area contributed by atoms with Crippen molar-refractivity contribution in [3.63, 3.8) is 0 Å². The van der Waals surface area contributed by atoms with Crippen molar-refractivity contribution in [2.75, 3.05) is 6.61 Å². The van der Waals surface area contributed by atoms with Gasteiger partial charge < -0.3 is 10.2 Å². The second-order valence-electron chi connectivity index (χ2n) is 8.66. The van der Waals surface area contributed by atoms with E-state index in [1.807, 2.05) is 12.2 Å². The highest BCUT2D eigenvalue weighted by Gasteiger charge is 2.60. The summed E-state index contributed by atoms with van der Waals surface area (Å²) in [6, 6.07) is 0. The number of hydrogen-bond acceptors (Lipinski definition) is 3. The highest BCUT2D eigenvalue weighted by Crippen LogP contribution is 2.65. The number of fused-ring (bicyclic) bond motifs is 5. The van der Waals surface area contributed by atoms with E-state index in [4.69, 9.17) is 0 Å². The van der Waals surface area contributed by atoms with Crippen LogP contribution >= 0.6 is 0 Å². The molecule has 6 atom stereocenters. The molecule has 0 aromatic heterocycles. The van der Waals surface area contributed by atoms with Crippen molar-refractivity contribution >= 4 is 5.78 Å². The van der Waals surface area contributed by atoms with Crippen molar-refractivity contribution in [2.24, 2.45) is 28.6 Å². The van der Waals surface area contributed by atoms with Gasteiger partial charge in [0.25, 0.3) is 0 Å². The van der Waals surface area contributed by atoms with E-state index in [1.165, 1.54) is 11.1 Å². The Balaban J connectivity index is 1.74. The van der Waals surface area contributed by atoms with Crippen LogP contribution in [0.25, 0.3) is 0 Å². The summed E-state index contributed by atoms with van der Waals surface area (Å²) in [4.78, 5) is 11.8. The molecule has 0 aliphatic heterocycles. The largest absolute Gasteiger partial charge is 0.393 e. The number of carbonyl (C=O) groups excluding carboxylic acids is 1. The normalized spacial score (nSPS) is 48.8. The first-order chi connectivity index (χ1) is 11.4. The molecule has 4 aliphatic rings. The molecule has 0 aromatic carbocycles. The van der Waals surface area contributed by atoms with Crippen LogP contribution in [-0.2, 0) is 4.79 Å². The van der Waals surface area contributed by atoms with Crippen LogP contribution in [-0.4, -0.2) is 28.7 Å². The maximum absolute atomic E-state index is 11.8. The number of carbonyl (C=O) groups is 1. The minimum absolute atomic E-state index is 0.0229. The zero-order valence-electron chi connectivity index (χ0n) is 14.7. The van der Waals surface area contributed by atoms with E-state index in [9.17, 15) is 15.0 Å². The Morgan fingerprint density at radius 3 is 2.83 bits per heavy atom. The number of allylic oxidation sites excluding steroid dienone is 5. The standard InChI is InChI=1S/C21H28O3/c1-20-9-7-15(23)11-14(20)3-5-16-17-6-4-13(8-10-22)21(17,2)12-18(24)19(16)20/h7-9,11,16-19,22,24H,3-6,10,12H2,1-2H3/b13-8-/t16-,17+,18+,19+,20-,21-/m0/s1. The summed E-state index contributed by atoms with van der Waals surface area (Å²) in [6.45, 7) is 4.60. The van der Waals surface area contributed by atoms with Gasteiger partial charge >= 0.3 is 0 Å². The lowest BCUT2D eigenvalue weighted by molar-refractivity contribution is -0.112. The summed E-state index contributed by atoms with van der Waals surface area (Å²) >= 11 is 0. The maximum Gasteiger partial charge on any atom is 0.178 e. The number of rotatable bonds is 1. The molecule has 0 saturated heterocycles. The van der Waals surface area contributed by atoms with Crippen LogP contribution < -0.4 is 0 Å². The van der Waals surface area contributed by atoms with Crippen molar-refractivity contribution < 1.29 is 15.0 Å². The van der Waals surface area contributed by atoms with Gasteiger partial charge in [0.1, 0.15) is 0 Å². The van der Waals surface area contributed by atoms with Crippen molar-refractivity contribution in [1.29, 1.82) is 0 Å². The molecule has 0 radical (unpaired) electrons. The minimum atomic E-state index is -0.358. The Kier molecular flexibility index (Phi) is 3.67. The van der Waals surface area contributed by atoms with Gasteiger partial charge in [-0.3, -0.25) is 4.79 Å². The molecule has 130 valence electrons. The van der Waals surface area contributed by atoms with Gasteiger partial charge in [-0.15, -0.1) is 0 Å². The molecule has 3 nitrogen and oxygen atoms in total. The van der Waals surface area contributed by atoms with E-state index in [0.29, 0.717) is 11.8 Å². The van der Waals surface area contributed by atoms with Gasteiger partial charge in [0.2, 0.25) is 0 Å². The van der Waals surface area contributed by atoms with Gasteiger partial charge in [0.05, 0.1) is 12.7 Å². The van der Waals surface area contributed by atoms with E-state index in [1.54, 1.807) is 6.08 Å². The fourth-order valence-electron chi connectivity index (χ4n) is 6.62. The van der Waals surface area contributed by atoms with Gasteiger partial charge in [0.15, 0.2) is 5.78 Å². The van der Waals surface area contributed by atoms with Crippen LogP contribution in [0.4, 0.5) is 0 Å². The van der Waals surface area contributed by atoms with Crippen LogP contribution in [0.3, 0.4) is 0 Å². The maximum atomic E-state index is 11.8. The van der Waals surface area contributed by atoms with E-state index in [0.717, 1.165) is 32.1 Å². The third-order valence-electron chi connectivity index (χ3n) is 7.68. The third kappa shape index (κ3) is 2.07. The van der Waals surface area contributed by atoms with Gasteiger partial charge in [0, 0.05) is 11.3 Å². The number of aliphatic hydroxyl groups is 2. The number of ketones is 1. The molecule has 24 heavy (non-hydrogen) atoms. The minimum Gasteiger partial charge on any atom is -0.393 e. The van der Waals surface area contributed by atoms with Gasteiger partial charge in [-0.05, 0) is 61.5 Å². The molecule has 0 aromatic rings. The molecule has 0 spiro atoms. The zero-order valence-corrected chi connectivity index (χ0v) is 14.7. The van der Waals surface area contributed by atoms with E-state index >= 15 is 0 Å². The predicted octanol–water partition coefficient (Wildman–Crippen LogP) is 3.18. The van der Waals surface area contributed by atoms with Gasteiger partial charge in [-0.2, -0.15) is 0 Å². The Hall–Kier alpha value is -1.19. The van der Waals surface area contributed by atoms with Crippen molar-refractivity contribution in [2.45, 2.75) is 52.1 Å². The molecule has 0 bridgehead atoms. The Morgan fingerprint density at radius 1 is 1.29 bits per heavy atom. The summed E-state index contributed by atoms with van der Waals surface area (Å²) in [6.07, 6.45) is 12.2. The summed E-state index contributed by atoms with van der Waals surface area (Å²) in [5.41, 5.74) is 2.40. The topological polar surface area (TPSA) is 57.5 Å². The summed E-state index contributed by atoms with van der Waals surface area (Å²) < 4.78 is 0. The van der Waals surface area contributed by atoms with Crippen molar-refractivity contribution in [1.82, 2.24) is 0 Å². The quantitative estimate of drug-likeness (QED) is 0.727. The number of aliphatic hydroxyl groups excluding tert-OH is 2. The van der Waals surface area contributed by atoms with Crippen LogP contribution in [0.1, 0.15) is 46.0 Å². The molecule has 3 fully saturated rings. The Morgan fingerprint density at radius 2 is 2.08 bits per heavy atom. The van der Waals surface area contributed by atoms with Crippen molar-refractivity contribution in [3.8, 4) is 0 Å². The molecular weight excluding hydrogens is 300 g/mol.